The van der Waals surface area contributed by atoms with Crippen LogP contribution in [0.1, 0.15) is 13.0 Å². The van der Waals surface area contributed by atoms with E-state index in [9.17, 15) is 9.18 Å². The van der Waals surface area contributed by atoms with Crippen molar-refractivity contribution >= 4 is 28.6 Å². The molecule has 4 nitrogen and oxygen atoms in total. The fourth-order valence-electron chi connectivity index (χ4n) is 0.659. The van der Waals surface area contributed by atoms with Gasteiger partial charge in [0.2, 0.25) is 5.95 Å². The van der Waals surface area contributed by atoms with Gasteiger partial charge in [-0.1, -0.05) is 0 Å². The molecule has 12 heavy (non-hydrogen) atoms. The van der Waals surface area contributed by atoms with Crippen LogP contribution in [0.4, 0.5) is 4.39 Å². The minimum absolute atomic E-state index is 0.320. The fraction of sp³-hybridized carbons (Fsp3) is 0.333. The third-order valence-corrected chi connectivity index (χ3v) is 2.12. The third kappa shape index (κ3) is 1.74. The highest BCUT2D eigenvalue weighted by atomic mass is 127. The average molecular weight is 284 g/mol. The second-order valence-corrected chi connectivity index (χ2v) is 3.42. The first kappa shape index (κ1) is 9.43. The molecule has 66 valence electrons. The van der Waals surface area contributed by atoms with Gasteiger partial charge in [-0.3, -0.25) is 4.68 Å². The molecule has 0 aliphatic heterocycles. The summed E-state index contributed by atoms with van der Waals surface area (Å²) in [6.07, 6.45) is 1.36. The minimum Gasteiger partial charge on any atom is -0.480 e. The summed E-state index contributed by atoms with van der Waals surface area (Å²) in [5.74, 6) is -1.67. The molecule has 0 aromatic carbocycles. The number of hydrogen-bond acceptors (Lipinski definition) is 2. The molecule has 1 atom stereocenters. The average Bonchev–Trinajstić information content (AvgIpc) is 2.30. The van der Waals surface area contributed by atoms with Crippen molar-refractivity contribution < 1.29 is 14.3 Å². The summed E-state index contributed by atoms with van der Waals surface area (Å²) in [6, 6.07) is -0.831. The zero-order valence-corrected chi connectivity index (χ0v) is 8.32. The lowest BCUT2D eigenvalue weighted by Gasteiger charge is -2.04. The Hall–Kier alpha value is -0.660. The molecular formula is C6H6FIN2O2. The van der Waals surface area contributed by atoms with Crippen LogP contribution in [0.15, 0.2) is 6.20 Å². The number of hydrogen-bond donors (Lipinski definition) is 1. The second-order valence-electron chi connectivity index (χ2n) is 2.26. The van der Waals surface area contributed by atoms with Gasteiger partial charge in [0.1, 0.15) is 6.04 Å². The zero-order valence-electron chi connectivity index (χ0n) is 6.16. The van der Waals surface area contributed by atoms with Gasteiger partial charge in [0.05, 0.1) is 3.57 Å². The van der Waals surface area contributed by atoms with Crippen LogP contribution in [-0.4, -0.2) is 20.9 Å². The molecule has 0 amide bonds. The molecule has 6 heteroatoms. The molecule has 0 aliphatic carbocycles. The SMILES string of the molecule is CC(C(=O)O)n1cc(I)c(F)n1. The van der Waals surface area contributed by atoms with Crippen molar-refractivity contribution in [2.45, 2.75) is 13.0 Å². The number of aliphatic carboxylic acids is 1. The third-order valence-electron chi connectivity index (χ3n) is 1.40. The van der Waals surface area contributed by atoms with Crippen molar-refractivity contribution in [3.8, 4) is 0 Å². The summed E-state index contributed by atoms with van der Waals surface area (Å²) in [7, 11) is 0. The smallest absolute Gasteiger partial charge is 0.328 e. The number of nitrogens with zero attached hydrogens (tertiary/aromatic N) is 2. The van der Waals surface area contributed by atoms with Crippen LogP contribution < -0.4 is 0 Å². The van der Waals surface area contributed by atoms with Gasteiger partial charge < -0.3 is 5.11 Å². The first-order valence-corrected chi connectivity index (χ1v) is 4.23. The minimum atomic E-state index is -1.03. The molecule has 0 radical (unpaired) electrons. The van der Waals surface area contributed by atoms with Crippen molar-refractivity contribution in [3.63, 3.8) is 0 Å². The Bertz CT molecular complexity index is 293. The van der Waals surface area contributed by atoms with Crippen molar-refractivity contribution in [2.75, 3.05) is 0 Å². The molecule has 1 rings (SSSR count). The monoisotopic (exact) mass is 284 g/mol. The Balaban J connectivity index is 2.96. The van der Waals surface area contributed by atoms with Crippen LogP contribution in [0.2, 0.25) is 0 Å². The molecule has 0 aliphatic rings. The Labute approximate surface area is 81.5 Å². The topological polar surface area (TPSA) is 55.1 Å². The van der Waals surface area contributed by atoms with E-state index < -0.39 is 18.0 Å². The van der Waals surface area contributed by atoms with Crippen molar-refractivity contribution in [1.82, 2.24) is 9.78 Å². The lowest BCUT2D eigenvalue weighted by Crippen LogP contribution is -2.15. The van der Waals surface area contributed by atoms with Gasteiger partial charge in [0, 0.05) is 6.20 Å². The molecule has 0 spiro atoms. The van der Waals surface area contributed by atoms with E-state index in [1.165, 1.54) is 13.1 Å². The summed E-state index contributed by atoms with van der Waals surface area (Å²) >= 11 is 1.75. The quantitative estimate of drug-likeness (QED) is 0.832. The Kier molecular flexibility index (Phi) is 2.65. The molecule has 1 aromatic heterocycles. The molecular weight excluding hydrogens is 278 g/mol. The maximum atomic E-state index is 12.6. The van der Waals surface area contributed by atoms with Crippen LogP contribution in [-0.2, 0) is 4.79 Å². The first-order valence-electron chi connectivity index (χ1n) is 3.15. The highest BCUT2D eigenvalue weighted by Gasteiger charge is 2.16. The van der Waals surface area contributed by atoms with Gasteiger partial charge in [-0.15, -0.1) is 5.10 Å². The van der Waals surface area contributed by atoms with Gasteiger partial charge in [-0.05, 0) is 29.5 Å². The van der Waals surface area contributed by atoms with Gasteiger partial charge >= 0.3 is 5.97 Å². The maximum Gasteiger partial charge on any atom is 0.328 e. The Morgan fingerprint density at radius 2 is 2.50 bits per heavy atom. The molecule has 0 bridgehead atoms. The Morgan fingerprint density at radius 3 is 2.83 bits per heavy atom. The fourth-order valence-corrected chi connectivity index (χ4v) is 1.05. The van der Waals surface area contributed by atoms with Crippen molar-refractivity contribution in [1.29, 1.82) is 0 Å². The van der Waals surface area contributed by atoms with E-state index in [-0.39, 0.29) is 0 Å². The molecule has 0 saturated carbocycles. The summed E-state index contributed by atoms with van der Waals surface area (Å²) < 4.78 is 14.0. The number of aromatic nitrogens is 2. The molecule has 1 unspecified atom stereocenters. The van der Waals surface area contributed by atoms with E-state index in [0.29, 0.717) is 3.57 Å². The van der Waals surface area contributed by atoms with Gasteiger partial charge in [-0.2, -0.15) is 4.39 Å². The van der Waals surface area contributed by atoms with E-state index in [2.05, 4.69) is 5.10 Å². The van der Waals surface area contributed by atoms with E-state index in [1.54, 1.807) is 22.6 Å². The van der Waals surface area contributed by atoms with Gasteiger partial charge in [0.15, 0.2) is 0 Å². The van der Waals surface area contributed by atoms with Crippen molar-refractivity contribution in [3.05, 3.63) is 15.7 Å². The highest BCUT2D eigenvalue weighted by molar-refractivity contribution is 14.1. The maximum absolute atomic E-state index is 12.6. The van der Waals surface area contributed by atoms with Crippen molar-refractivity contribution in [2.24, 2.45) is 0 Å². The van der Waals surface area contributed by atoms with Crippen LogP contribution in [0.25, 0.3) is 0 Å². The number of halogens is 2. The normalized spacial score (nSPS) is 12.9. The summed E-state index contributed by atoms with van der Waals surface area (Å²) in [6.45, 7) is 1.44. The molecule has 1 heterocycles. The number of carboxylic acid groups (broad SMARTS) is 1. The largest absolute Gasteiger partial charge is 0.480 e. The summed E-state index contributed by atoms with van der Waals surface area (Å²) in [5.41, 5.74) is 0. The number of carbonyl (C=O) groups is 1. The summed E-state index contributed by atoms with van der Waals surface area (Å²) in [4.78, 5) is 10.4. The lowest BCUT2D eigenvalue weighted by atomic mass is 10.4. The van der Waals surface area contributed by atoms with Crippen LogP contribution in [0.5, 0.6) is 0 Å². The van der Waals surface area contributed by atoms with Gasteiger partial charge in [-0.25, -0.2) is 4.79 Å². The number of carboxylic acids is 1. The Morgan fingerprint density at radius 1 is 1.92 bits per heavy atom. The first-order chi connectivity index (χ1) is 5.52. The molecule has 1 aromatic rings. The van der Waals surface area contributed by atoms with E-state index in [1.807, 2.05) is 0 Å². The lowest BCUT2D eigenvalue weighted by molar-refractivity contribution is -0.140. The highest BCUT2D eigenvalue weighted by Crippen LogP contribution is 2.12. The van der Waals surface area contributed by atoms with Crippen LogP contribution >= 0.6 is 22.6 Å². The molecule has 0 fully saturated rings. The van der Waals surface area contributed by atoms with Gasteiger partial charge in [0.25, 0.3) is 0 Å². The molecule has 1 N–H and O–H groups in total. The zero-order chi connectivity index (χ0) is 9.30. The summed E-state index contributed by atoms with van der Waals surface area (Å²) in [5, 5.41) is 11.9. The van der Waals surface area contributed by atoms with Crippen LogP contribution in [0, 0.1) is 9.52 Å². The molecule has 0 saturated heterocycles. The number of rotatable bonds is 2. The van der Waals surface area contributed by atoms with E-state index >= 15 is 0 Å². The van der Waals surface area contributed by atoms with Crippen LogP contribution in [0.3, 0.4) is 0 Å². The predicted molar refractivity (Wildman–Crippen MR) is 47.2 cm³/mol. The van der Waals surface area contributed by atoms with E-state index in [0.717, 1.165) is 4.68 Å². The van der Waals surface area contributed by atoms with E-state index in [4.69, 9.17) is 5.11 Å². The standard InChI is InChI=1S/C6H6FIN2O2/c1-3(6(11)12)10-2-4(8)5(7)9-10/h2-3H,1H3,(H,11,12). The predicted octanol–water partition coefficient (Wildman–Crippen LogP) is 1.27. The second kappa shape index (κ2) is 3.38.